The van der Waals surface area contributed by atoms with Gasteiger partial charge in [-0.05, 0) is 43.4 Å². The second-order valence-corrected chi connectivity index (χ2v) is 7.53. The first kappa shape index (κ1) is 18.0. The molecular formula is C18H17Cl2N5O2. The van der Waals surface area contributed by atoms with Gasteiger partial charge in [-0.1, -0.05) is 29.3 Å². The lowest BCUT2D eigenvalue weighted by molar-refractivity contribution is -0.122. The van der Waals surface area contributed by atoms with Gasteiger partial charge in [0.15, 0.2) is 5.65 Å². The zero-order valence-electron chi connectivity index (χ0n) is 14.5. The van der Waals surface area contributed by atoms with Gasteiger partial charge >= 0.3 is 5.69 Å². The minimum absolute atomic E-state index is 0.170. The minimum atomic E-state index is -0.377. The van der Waals surface area contributed by atoms with E-state index >= 15 is 0 Å². The lowest BCUT2D eigenvalue weighted by atomic mass is 10.1. The van der Waals surface area contributed by atoms with E-state index in [-0.39, 0.29) is 24.2 Å². The molecule has 1 saturated carbocycles. The first-order chi connectivity index (χ1) is 12.9. The van der Waals surface area contributed by atoms with Crippen molar-refractivity contribution in [3.8, 4) is 0 Å². The number of benzene rings is 1. The van der Waals surface area contributed by atoms with Crippen LogP contribution in [-0.2, 0) is 11.3 Å². The van der Waals surface area contributed by atoms with E-state index in [4.69, 9.17) is 23.2 Å². The van der Waals surface area contributed by atoms with Crippen LogP contribution in [0.25, 0.3) is 5.65 Å². The Morgan fingerprint density at radius 3 is 2.81 bits per heavy atom. The molecule has 140 valence electrons. The number of carbonyl (C=O) groups is 1. The summed E-state index contributed by atoms with van der Waals surface area (Å²) in [4.78, 5) is 29.0. The fourth-order valence-electron chi connectivity index (χ4n) is 3.03. The van der Waals surface area contributed by atoms with Crippen molar-refractivity contribution in [2.75, 3.05) is 0 Å². The van der Waals surface area contributed by atoms with Crippen LogP contribution in [0.3, 0.4) is 0 Å². The van der Waals surface area contributed by atoms with Gasteiger partial charge in [-0.3, -0.25) is 4.79 Å². The molecule has 0 aliphatic heterocycles. The van der Waals surface area contributed by atoms with E-state index in [0.29, 0.717) is 21.6 Å². The fraction of sp³-hybridized carbons (Fsp3) is 0.333. The minimum Gasteiger partial charge on any atom is -0.348 e. The van der Waals surface area contributed by atoms with Crippen molar-refractivity contribution < 1.29 is 4.79 Å². The molecule has 2 heterocycles. The molecule has 0 spiro atoms. The average molecular weight is 406 g/mol. The molecule has 1 amide bonds. The molecule has 2 aromatic heterocycles. The van der Waals surface area contributed by atoms with Crippen molar-refractivity contribution in [3.63, 3.8) is 0 Å². The summed E-state index contributed by atoms with van der Waals surface area (Å²) in [6.45, 7) is 1.66. The van der Waals surface area contributed by atoms with Gasteiger partial charge in [0.1, 0.15) is 12.9 Å². The fourth-order valence-corrected chi connectivity index (χ4v) is 3.34. The smallest absolute Gasteiger partial charge is 0.348 e. The monoisotopic (exact) mass is 405 g/mol. The van der Waals surface area contributed by atoms with E-state index in [1.54, 1.807) is 24.4 Å². The van der Waals surface area contributed by atoms with E-state index in [1.807, 2.05) is 6.92 Å². The first-order valence-electron chi connectivity index (χ1n) is 8.61. The molecule has 1 aromatic carbocycles. The number of nitrogens with one attached hydrogen (secondary N) is 1. The van der Waals surface area contributed by atoms with Crippen molar-refractivity contribution in [1.82, 2.24) is 24.5 Å². The number of fused-ring (bicyclic) bond motifs is 1. The summed E-state index contributed by atoms with van der Waals surface area (Å²) >= 11 is 11.9. The quantitative estimate of drug-likeness (QED) is 0.707. The number of rotatable bonds is 5. The third-order valence-electron chi connectivity index (χ3n) is 4.66. The predicted octanol–water partition coefficient (Wildman–Crippen LogP) is 2.95. The van der Waals surface area contributed by atoms with E-state index in [0.717, 1.165) is 24.0 Å². The number of nitrogens with zero attached hydrogens (tertiary/aromatic N) is 4. The molecule has 9 heteroatoms. The standard InChI is InChI=1S/C18H17Cl2N5O2/c1-10(12-4-5-14(19)15(20)6-12)22-16(26)8-25-18(27)24-9-21-7-13(11-2-3-11)17(24)23-25/h4-7,9-11H,2-3,8H2,1H3,(H,22,26)/t10-/m0/s1. The number of hydrogen-bond donors (Lipinski definition) is 1. The van der Waals surface area contributed by atoms with Crippen molar-refractivity contribution in [2.45, 2.75) is 38.3 Å². The Morgan fingerprint density at radius 2 is 2.11 bits per heavy atom. The van der Waals surface area contributed by atoms with Crippen molar-refractivity contribution in [2.24, 2.45) is 0 Å². The number of carbonyl (C=O) groups excluding carboxylic acids is 1. The van der Waals surface area contributed by atoms with Gasteiger partial charge in [-0.2, -0.15) is 0 Å². The van der Waals surface area contributed by atoms with Gasteiger partial charge in [0.2, 0.25) is 5.91 Å². The normalized spacial score (nSPS) is 15.1. The van der Waals surface area contributed by atoms with Crippen LogP contribution < -0.4 is 11.0 Å². The van der Waals surface area contributed by atoms with E-state index < -0.39 is 0 Å². The molecule has 0 bridgehead atoms. The summed E-state index contributed by atoms with van der Waals surface area (Å²) in [6.07, 6.45) is 5.33. The number of halogens is 2. The third kappa shape index (κ3) is 3.57. The molecule has 3 aromatic rings. The highest BCUT2D eigenvalue weighted by molar-refractivity contribution is 6.42. The lowest BCUT2D eigenvalue weighted by Crippen LogP contribution is -2.34. The molecule has 4 rings (SSSR count). The maximum Gasteiger partial charge on any atom is 0.352 e. The van der Waals surface area contributed by atoms with Crippen LogP contribution in [0.4, 0.5) is 0 Å². The van der Waals surface area contributed by atoms with Crippen molar-refractivity contribution >= 4 is 34.8 Å². The van der Waals surface area contributed by atoms with Gasteiger partial charge < -0.3 is 5.32 Å². The third-order valence-corrected chi connectivity index (χ3v) is 5.40. The van der Waals surface area contributed by atoms with Gasteiger partial charge in [0.25, 0.3) is 0 Å². The Hall–Kier alpha value is -2.38. The van der Waals surface area contributed by atoms with E-state index in [1.165, 1.54) is 15.4 Å². The number of hydrogen-bond acceptors (Lipinski definition) is 4. The molecule has 0 radical (unpaired) electrons. The van der Waals surface area contributed by atoms with E-state index in [2.05, 4.69) is 15.4 Å². The zero-order chi connectivity index (χ0) is 19.1. The highest BCUT2D eigenvalue weighted by atomic mass is 35.5. The predicted molar refractivity (Wildman–Crippen MR) is 102 cm³/mol. The van der Waals surface area contributed by atoms with Gasteiger partial charge in [-0.25, -0.2) is 18.9 Å². The summed E-state index contributed by atoms with van der Waals surface area (Å²) in [7, 11) is 0. The molecule has 1 aliphatic carbocycles. The average Bonchev–Trinajstić information content (AvgIpc) is 3.43. The maximum absolute atomic E-state index is 12.5. The molecule has 1 atom stereocenters. The van der Waals surface area contributed by atoms with Gasteiger partial charge in [-0.15, -0.1) is 5.10 Å². The van der Waals surface area contributed by atoms with Crippen LogP contribution in [0.2, 0.25) is 10.0 Å². The lowest BCUT2D eigenvalue weighted by Gasteiger charge is -2.14. The van der Waals surface area contributed by atoms with Crippen molar-refractivity contribution in [1.29, 1.82) is 0 Å². The Morgan fingerprint density at radius 1 is 1.33 bits per heavy atom. The Labute approximate surface area is 164 Å². The zero-order valence-corrected chi connectivity index (χ0v) is 16.0. The van der Waals surface area contributed by atoms with Crippen LogP contribution in [0.1, 0.15) is 42.9 Å². The largest absolute Gasteiger partial charge is 0.352 e. The topological polar surface area (TPSA) is 81.3 Å². The summed E-state index contributed by atoms with van der Waals surface area (Å²) < 4.78 is 2.56. The molecule has 0 saturated heterocycles. The molecule has 0 unspecified atom stereocenters. The van der Waals surface area contributed by atoms with Crippen LogP contribution in [0.5, 0.6) is 0 Å². The van der Waals surface area contributed by atoms with Crippen LogP contribution in [0.15, 0.2) is 35.5 Å². The van der Waals surface area contributed by atoms with Crippen LogP contribution in [0, 0.1) is 0 Å². The van der Waals surface area contributed by atoms with Crippen molar-refractivity contribution in [3.05, 3.63) is 62.4 Å². The second-order valence-electron chi connectivity index (χ2n) is 6.72. The number of amides is 1. The molecule has 1 fully saturated rings. The summed E-state index contributed by atoms with van der Waals surface area (Å²) in [6, 6.07) is 4.90. The SMILES string of the molecule is C[C@H](NC(=O)Cn1nc2c(C3CC3)cncn2c1=O)c1ccc(Cl)c(Cl)c1. The van der Waals surface area contributed by atoms with Gasteiger partial charge in [0, 0.05) is 11.8 Å². The molecule has 27 heavy (non-hydrogen) atoms. The Balaban J connectivity index is 1.52. The molecular weight excluding hydrogens is 389 g/mol. The molecule has 7 nitrogen and oxygen atoms in total. The Kier molecular flexibility index (Phi) is 4.65. The molecule has 1 N–H and O–H groups in total. The number of aromatic nitrogens is 4. The summed E-state index contributed by atoms with van der Waals surface area (Å²) in [5, 5.41) is 8.07. The molecule has 1 aliphatic rings. The van der Waals surface area contributed by atoms with Crippen LogP contribution in [-0.4, -0.2) is 25.1 Å². The summed E-state index contributed by atoms with van der Waals surface area (Å²) in [5.74, 6) is 0.0833. The first-order valence-corrected chi connectivity index (χ1v) is 9.37. The summed E-state index contributed by atoms with van der Waals surface area (Å²) in [5.41, 5.74) is 1.97. The second kappa shape index (κ2) is 6.98. The van der Waals surface area contributed by atoms with Crippen LogP contribution >= 0.6 is 23.2 Å². The highest BCUT2D eigenvalue weighted by Crippen LogP contribution is 2.40. The van der Waals surface area contributed by atoms with Gasteiger partial charge in [0.05, 0.1) is 16.1 Å². The Bertz CT molecular complexity index is 1090. The van der Waals surface area contributed by atoms with E-state index in [9.17, 15) is 9.59 Å². The highest BCUT2D eigenvalue weighted by Gasteiger charge is 2.28. The maximum atomic E-state index is 12.5.